The predicted molar refractivity (Wildman–Crippen MR) is 92.5 cm³/mol. The molecule has 2 heterocycles. The molecule has 0 saturated heterocycles. The van der Waals surface area contributed by atoms with Crippen LogP contribution in [0.1, 0.15) is 25.6 Å². The fourth-order valence-electron chi connectivity index (χ4n) is 2.51. The molecule has 124 valence electrons. The second-order valence-corrected chi connectivity index (χ2v) is 6.01. The van der Waals surface area contributed by atoms with Crippen molar-refractivity contribution in [2.24, 2.45) is 0 Å². The maximum Gasteiger partial charge on any atom is 0.266 e. The van der Waals surface area contributed by atoms with E-state index in [2.05, 4.69) is 9.97 Å². The van der Waals surface area contributed by atoms with E-state index in [4.69, 9.17) is 16.3 Å². The van der Waals surface area contributed by atoms with Crippen molar-refractivity contribution in [1.29, 1.82) is 0 Å². The summed E-state index contributed by atoms with van der Waals surface area (Å²) in [5.74, 6) is 0.980. The normalized spacial score (nSPS) is 11.2. The molecule has 1 N–H and O–H groups in total. The average molecular weight is 346 g/mol. The minimum absolute atomic E-state index is 0.0221. The molecule has 0 radical (unpaired) electrons. The zero-order chi connectivity index (χ0) is 17.4. The van der Waals surface area contributed by atoms with Gasteiger partial charge in [-0.05, 0) is 12.1 Å². The van der Waals surface area contributed by atoms with Crippen molar-refractivity contribution in [3.05, 3.63) is 51.8 Å². The number of methoxy groups -OCH3 is 1. The third kappa shape index (κ3) is 2.69. The van der Waals surface area contributed by atoms with E-state index in [1.165, 1.54) is 30.0 Å². The molecule has 0 aliphatic carbocycles. The van der Waals surface area contributed by atoms with Gasteiger partial charge in [0.05, 0.1) is 29.9 Å². The van der Waals surface area contributed by atoms with Gasteiger partial charge in [-0.1, -0.05) is 25.4 Å². The Morgan fingerprint density at radius 3 is 2.71 bits per heavy atom. The van der Waals surface area contributed by atoms with Crippen LogP contribution < -0.4 is 10.3 Å². The van der Waals surface area contributed by atoms with Crippen molar-refractivity contribution in [3.8, 4) is 17.2 Å². The van der Waals surface area contributed by atoms with Crippen LogP contribution in [0.2, 0.25) is 5.15 Å². The van der Waals surface area contributed by atoms with Gasteiger partial charge in [-0.15, -0.1) is 0 Å². The van der Waals surface area contributed by atoms with Crippen molar-refractivity contribution in [3.63, 3.8) is 0 Å². The first kappa shape index (κ1) is 16.3. The highest BCUT2D eigenvalue weighted by molar-refractivity contribution is 6.30. The molecule has 0 unspecified atom stereocenters. The summed E-state index contributed by atoms with van der Waals surface area (Å²) in [5, 5.41) is 10.3. The van der Waals surface area contributed by atoms with Gasteiger partial charge in [0.15, 0.2) is 10.9 Å². The number of hydrogen-bond acceptors (Lipinski definition) is 5. The summed E-state index contributed by atoms with van der Waals surface area (Å²) in [6.07, 6.45) is 1.51. The van der Waals surface area contributed by atoms with Gasteiger partial charge >= 0.3 is 0 Å². The largest absolute Gasteiger partial charge is 0.508 e. The quantitative estimate of drug-likeness (QED) is 0.737. The first-order chi connectivity index (χ1) is 11.4. The van der Waals surface area contributed by atoms with Crippen molar-refractivity contribution in [2.45, 2.75) is 19.8 Å². The van der Waals surface area contributed by atoms with Crippen LogP contribution in [0.3, 0.4) is 0 Å². The Hall–Kier alpha value is -2.60. The summed E-state index contributed by atoms with van der Waals surface area (Å²) in [6.45, 7) is 3.88. The summed E-state index contributed by atoms with van der Waals surface area (Å²) in [5.41, 5.74) is 0.733. The number of rotatable bonds is 3. The van der Waals surface area contributed by atoms with Crippen LogP contribution in [0.15, 0.2) is 35.3 Å². The SMILES string of the molecule is COc1cc(-n2c(C(C)C)nc3cc(O)ccc3c2=O)cnc1Cl. The number of fused-ring (bicyclic) bond motifs is 1. The van der Waals surface area contributed by atoms with Gasteiger partial charge in [-0.3, -0.25) is 9.36 Å². The Bertz CT molecular complexity index is 983. The third-order valence-electron chi connectivity index (χ3n) is 3.67. The van der Waals surface area contributed by atoms with Crippen molar-refractivity contribution in [2.75, 3.05) is 7.11 Å². The Morgan fingerprint density at radius 1 is 1.29 bits per heavy atom. The Kier molecular flexibility index (Phi) is 4.15. The van der Waals surface area contributed by atoms with Gasteiger partial charge in [0.25, 0.3) is 5.56 Å². The number of hydrogen-bond donors (Lipinski definition) is 1. The fraction of sp³-hybridized carbons (Fsp3) is 0.235. The van der Waals surface area contributed by atoms with Gasteiger partial charge in [0, 0.05) is 18.1 Å². The number of benzene rings is 1. The second kappa shape index (κ2) is 6.13. The molecule has 0 aliphatic heterocycles. The van der Waals surface area contributed by atoms with E-state index in [1.807, 2.05) is 13.8 Å². The van der Waals surface area contributed by atoms with Crippen LogP contribution in [0.5, 0.6) is 11.5 Å². The number of halogens is 1. The zero-order valence-corrected chi connectivity index (χ0v) is 14.2. The van der Waals surface area contributed by atoms with Crippen LogP contribution in [-0.4, -0.2) is 26.8 Å². The number of aromatic hydroxyl groups is 1. The molecule has 0 amide bonds. The Morgan fingerprint density at radius 2 is 2.04 bits per heavy atom. The van der Waals surface area contributed by atoms with Crippen LogP contribution in [0.25, 0.3) is 16.6 Å². The van der Waals surface area contributed by atoms with Crippen LogP contribution in [0.4, 0.5) is 0 Å². The van der Waals surface area contributed by atoms with Gasteiger partial charge in [-0.25, -0.2) is 9.97 Å². The first-order valence-electron chi connectivity index (χ1n) is 7.38. The van der Waals surface area contributed by atoms with Crippen LogP contribution in [-0.2, 0) is 0 Å². The van der Waals surface area contributed by atoms with E-state index < -0.39 is 0 Å². The summed E-state index contributed by atoms with van der Waals surface area (Å²) in [6, 6.07) is 6.15. The second-order valence-electron chi connectivity index (χ2n) is 5.65. The van der Waals surface area contributed by atoms with E-state index in [0.29, 0.717) is 28.2 Å². The number of ether oxygens (including phenoxy) is 1. The lowest BCUT2D eigenvalue weighted by atomic mass is 10.1. The predicted octanol–water partition coefficient (Wildman–Crippen LogP) is 3.27. The molecule has 2 aromatic heterocycles. The zero-order valence-electron chi connectivity index (χ0n) is 13.4. The van der Waals surface area contributed by atoms with Gasteiger partial charge in [0.2, 0.25) is 0 Å². The van der Waals surface area contributed by atoms with Crippen LogP contribution in [0, 0.1) is 0 Å². The topological polar surface area (TPSA) is 77.2 Å². The lowest BCUT2D eigenvalue weighted by Crippen LogP contribution is -2.24. The van der Waals surface area contributed by atoms with E-state index in [1.54, 1.807) is 12.1 Å². The smallest absolute Gasteiger partial charge is 0.266 e. The molecule has 0 atom stereocenters. The fourth-order valence-corrected chi connectivity index (χ4v) is 2.69. The van der Waals surface area contributed by atoms with Gasteiger partial charge < -0.3 is 9.84 Å². The highest BCUT2D eigenvalue weighted by atomic mass is 35.5. The number of pyridine rings is 1. The average Bonchev–Trinajstić information content (AvgIpc) is 2.55. The minimum Gasteiger partial charge on any atom is -0.508 e. The molecule has 1 aromatic carbocycles. The van der Waals surface area contributed by atoms with E-state index in [9.17, 15) is 9.90 Å². The Balaban J connectivity index is 2.38. The number of phenolic OH excluding ortho intramolecular Hbond substituents is 1. The van der Waals surface area contributed by atoms with Crippen molar-refractivity contribution >= 4 is 22.5 Å². The first-order valence-corrected chi connectivity index (χ1v) is 7.75. The third-order valence-corrected chi connectivity index (χ3v) is 3.95. The molecule has 0 saturated carbocycles. The molecule has 0 fully saturated rings. The highest BCUT2D eigenvalue weighted by Crippen LogP contribution is 2.26. The molecule has 7 heteroatoms. The highest BCUT2D eigenvalue weighted by Gasteiger charge is 2.17. The molecule has 0 spiro atoms. The number of phenols is 1. The van der Waals surface area contributed by atoms with Gasteiger partial charge in [0.1, 0.15) is 11.6 Å². The Labute approximate surface area is 143 Å². The number of nitrogens with zero attached hydrogens (tertiary/aromatic N) is 3. The summed E-state index contributed by atoms with van der Waals surface area (Å²) < 4.78 is 6.68. The molecule has 24 heavy (non-hydrogen) atoms. The standard InChI is InChI=1S/C17H16ClN3O3/c1-9(2)16-20-13-7-11(22)4-5-12(13)17(23)21(16)10-6-14(24-3)15(18)19-8-10/h4-9,22H,1-3H3. The van der Waals surface area contributed by atoms with Crippen molar-refractivity contribution in [1.82, 2.24) is 14.5 Å². The van der Waals surface area contributed by atoms with E-state index >= 15 is 0 Å². The van der Waals surface area contributed by atoms with Gasteiger partial charge in [-0.2, -0.15) is 0 Å². The summed E-state index contributed by atoms with van der Waals surface area (Å²) >= 11 is 5.97. The molecule has 3 aromatic rings. The molecule has 3 rings (SSSR count). The maximum absolute atomic E-state index is 13.0. The molecular weight excluding hydrogens is 330 g/mol. The monoisotopic (exact) mass is 345 g/mol. The number of aromatic nitrogens is 3. The summed E-state index contributed by atoms with van der Waals surface area (Å²) in [7, 11) is 1.49. The lowest BCUT2D eigenvalue weighted by molar-refractivity contribution is 0.413. The maximum atomic E-state index is 13.0. The summed E-state index contributed by atoms with van der Waals surface area (Å²) in [4.78, 5) is 21.6. The minimum atomic E-state index is -0.241. The van der Waals surface area contributed by atoms with E-state index in [0.717, 1.165) is 0 Å². The lowest BCUT2D eigenvalue weighted by Gasteiger charge is -2.16. The van der Waals surface area contributed by atoms with Crippen molar-refractivity contribution < 1.29 is 9.84 Å². The molecule has 0 aliphatic rings. The molecule has 0 bridgehead atoms. The van der Waals surface area contributed by atoms with E-state index in [-0.39, 0.29) is 22.4 Å². The van der Waals surface area contributed by atoms with Crippen LogP contribution >= 0.6 is 11.6 Å². The molecular formula is C17H16ClN3O3. The molecule has 6 nitrogen and oxygen atoms in total.